The van der Waals surface area contributed by atoms with E-state index in [2.05, 4.69) is 0 Å². The van der Waals surface area contributed by atoms with Crippen molar-refractivity contribution in [1.29, 1.82) is 0 Å². The number of amides is 1. The number of carbonyl (C=O) groups excluding carboxylic acids is 1. The topological polar surface area (TPSA) is 29.5 Å². The maximum absolute atomic E-state index is 13.8. The van der Waals surface area contributed by atoms with Crippen molar-refractivity contribution in [3.8, 4) is 5.75 Å². The van der Waals surface area contributed by atoms with Gasteiger partial charge in [0.1, 0.15) is 17.4 Å². The summed E-state index contributed by atoms with van der Waals surface area (Å²) in [5, 5.41) is 0. The van der Waals surface area contributed by atoms with Crippen LogP contribution in [0.5, 0.6) is 5.75 Å². The third-order valence-corrected chi connectivity index (χ3v) is 3.81. The molecular weight excluding hydrogens is 288 g/mol. The first-order valence-electron chi connectivity index (χ1n) is 7.04. The Kier molecular flexibility index (Phi) is 3.79. The van der Waals surface area contributed by atoms with E-state index in [0.29, 0.717) is 6.54 Å². The summed E-state index contributed by atoms with van der Waals surface area (Å²) in [5.74, 6) is -1.27. The molecule has 0 saturated carbocycles. The highest BCUT2D eigenvalue weighted by Crippen LogP contribution is 2.31. The van der Waals surface area contributed by atoms with E-state index in [1.54, 1.807) is 19.2 Å². The van der Waals surface area contributed by atoms with E-state index in [4.69, 9.17) is 4.74 Å². The number of methoxy groups -OCH3 is 1. The van der Waals surface area contributed by atoms with Gasteiger partial charge in [0.25, 0.3) is 5.91 Å². The van der Waals surface area contributed by atoms with Crippen molar-refractivity contribution >= 4 is 11.6 Å². The number of hydrogen-bond acceptors (Lipinski definition) is 2. The van der Waals surface area contributed by atoms with Crippen LogP contribution in [-0.4, -0.2) is 19.6 Å². The Hall–Kier alpha value is -2.43. The quantitative estimate of drug-likeness (QED) is 0.849. The SMILES string of the molecule is COc1ccc2c(c1)CCCN2C(=O)c1ccc(F)cc1F. The molecule has 0 bridgehead atoms. The van der Waals surface area contributed by atoms with Gasteiger partial charge in [-0.05, 0) is 48.7 Å². The second kappa shape index (κ2) is 5.75. The number of benzene rings is 2. The number of fused-ring (bicyclic) bond motifs is 1. The molecule has 0 aliphatic carbocycles. The molecule has 1 aliphatic heterocycles. The fourth-order valence-corrected chi connectivity index (χ4v) is 2.72. The molecule has 1 aliphatic rings. The summed E-state index contributed by atoms with van der Waals surface area (Å²) in [4.78, 5) is 14.1. The van der Waals surface area contributed by atoms with Gasteiger partial charge in [-0.1, -0.05) is 0 Å². The summed E-state index contributed by atoms with van der Waals surface area (Å²) in [6.45, 7) is 0.509. The zero-order valence-corrected chi connectivity index (χ0v) is 12.1. The molecule has 3 nitrogen and oxygen atoms in total. The minimum atomic E-state index is -0.842. The molecule has 2 aromatic rings. The molecule has 22 heavy (non-hydrogen) atoms. The van der Waals surface area contributed by atoms with Crippen molar-refractivity contribution in [3.63, 3.8) is 0 Å². The maximum atomic E-state index is 13.8. The van der Waals surface area contributed by atoms with E-state index in [0.717, 1.165) is 42.0 Å². The average molecular weight is 303 g/mol. The van der Waals surface area contributed by atoms with Gasteiger partial charge in [0.15, 0.2) is 0 Å². The number of halogens is 2. The largest absolute Gasteiger partial charge is 0.497 e. The highest BCUT2D eigenvalue weighted by molar-refractivity contribution is 6.07. The molecule has 0 aromatic heterocycles. The van der Waals surface area contributed by atoms with Crippen LogP contribution in [0, 0.1) is 11.6 Å². The van der Waals surface area contributed by atoms with Crippen LogP contribution in [0.15, 0.2) is 36.4 Å². The number of ether oxygens (including phenoxy) is 1. The number of nitrogens with zero attached hydrogens (tertiary/aromatic N) is 1. The van der Waals surface area contributed by atoms with Gasteiger partial charge in [0.2, 0.25) is 0 Å². The number of carbonyl (C=O) groups is 1. The number of hydrogen-bond donors (Lipinski definition) is 0. The molecule has 114 valence electrons. The molecule has 1 heterocycles. The van der Waals surface area contributed by atoms with Crippen LogP contribution in [0.1, 0.15) is 22.3 Å². The summed E-state index contributed by atoms with van der Waals surface area (Å²) in [5.41, 5.74) is 1.62. The van der Waals surface area contributed by atoms with Gasteiger partial charge in [-0.15, -0.1) is 0 Å². The highest BCUT2D eigenvalue weighted by atomic mass is 19.1. The van der Waals surface area contributed by atoms with Crippen LogP contribution >= 0.6 is 0 Å². The third-order valence-electron chi connectivity index (χ3n) is 3.81. The normalized spacial score (nSPS) is 13.7. The first-order valence-corrected chi connectivity index (χ1v) is 7.04. The predicted octanol–water partition coefficient (Wildman–Crippen LogP) is 3.57. The fourth-order valence-electron chi connectivity index (χ4n) is 2.72. The lowest BCUT2D eigenvalue weighted by Gasteiger charge is -2.30. The maximum Gasteiger partial charge on any atom is 0.261 e. The van der Waals surface area contributed by atoms with E-state index in [1.807, 2.05) is 6.07 Å². The van der Waals surface area contributed by atoms with Crippen molar-refractivity contribution in [2.45, 2.75) is 12.8 Å². The van der Waals surface area contributed by atoms with Gasteiger partial charge < -0.3 is 9.64 Å². The summed E-state index contributed by atoms with van der Waals surface area (Å²) in [6, 6.07) is 8.46. The zero-order chi connectivity index (χ0) is 15.7. The summed E-state index contributed by atoms with van der Waals surface area (Å²) < 4.78 is 32.0. The van der Waals surface area contributed by atoms with Crippen LogP contribution < -0.4 is 9.64 Å². The Bertz CT molecular complexity index is 731. The first kappa shape index (κ1) is 14.5. The molecule has 0 N–H and O–H groups in total. The van der Waals surface area contributed by atoms with Gasteiger partial charge in [-0.25, -0.2) is 8.78 Å². The lowest BCUT2D eigenvalue weighted by molar-refractivity contribution is 0.0981. The number of anilines is 1. The van der Waals surface area contributed by atoms with E-state index in [-0.39, 0.29) is 5.56 Å². The van der Waals surface area contributed by atoms with Gasteiger partial charge in [0, 0.05) is 18.3 Å². The Labute approximate surface area is 127 Å². The summed E-state index contributed by atoms with van der Waals surface area (Å²) in [7, 11) is 1.58. The monoisotopic (exact) mass is 303 g/mol. The van der Waals surface area contributed by atoms with Gasteiger partial charge in [-0.2, -0.15) is 0 Å². The second-order valence-corrected chi connectivity index (χ2v) is 5.18. The van der Waals surface area contributed by atoms with Gasteiger partial charge in [0.05, 0.1) is 12.7 Å². The lowest BCUT2D eigenvalue weighted by atomic mass is 10.00. The van der Waals surface area contributed by atoms with Crippen molar-refractivity contribution < 1.29 is 18.3 Å². The Morgan fingerprint density at radius 2 is 2.00 bits per heavy atom. The summed E-state index contributed by atoms with van der Waals surface area (Å²) in [6.07, 6.45) is 1.62. The zero-order valence-electron chi connectivity index (χ0n) is 12.1. The second-order valence-electron chi connectivity index (χ2n) is 5.18. The van der Waals surface area contributed by atoms with Crippen LogP contribution in [0.2, 0.25) is 0 Å². The minimum Gasteiger partial charge on any atom is -0.497 e. The molecule has 0 atom stereocenters. The van der Waals surface area contributed by atoms with E-state index < -0.39 is 17.5 Å². The number of aryl methyl sites for hydroxylation is 1. The van der Waals surface area contributed by atoms with E-state index in [9.17, 15) is 13.6 Å². The molecule has 0 saturated heterocycles. The first-order chi connectivity index (χ1) is 10.6. The molecular formula is C17H15F2NO2. The number of rotatable bonds is 2. The van der Waals surface area contributed by atoms with Crippen molar-refractivity contribution in [2.75, 3.05) is 18.6 Å². The molecule has 1 amide bonds. The molecule has 2 aromatic carbocycles. The van der Waals surface area contributed by atoms with Crippen LogP contribution in [0.25, 0.3) is 0 Å². The average Bonchev–Trinajstić information content (AvgIpc) is 2.53. The Morgan fingerprint density at radius 1 is 1.18 bits per heavy atom. The lowest BCUT2D eigenvalue weighted by Crippen LogP contribution is -2.36. The summed E-state index contributed by atoms with van der Waals surface area (Å²) >= 11 is 0. The highest BCUT2D eigenvalue weighted by Gasteiger charge is 2.25. The van der Waals surface area contributed by atoms with Crippen molar-refractivity contribution in [2.24, 2.45) is 0 Å². The molecule has 0 spiro atoms. The fraction of sp³-hybridized carbons (Fsp3) is 0.235. The van der Waals surface area contributed by atoms with Crippen LogP contribution in [0.3, 0.4) is 0 Å². The molecule has 3 rings (SSSR count). The van der Waals surface area contributed by atoms with Crippen LogP contribution in [-0.2, 0) is 6.42 Å². The Balaban J connectivity index is 1.98. The minimum absolute atomic E-state index is 0.120. The Morgan fingerprint density at radius 3 is 2.73 bits per heavy atom. The molecule has 0 unspecified atom stereocenters. The van der Waals surface area contributed by atoms with E-state index in [1.165, 1.54) is 11.0 Å². The van der Waals surface area contributed by atoms with Crippen molar-refractivity contribution in [3.05, 3.63) is 59.2 Å². The van der Waals surface area contributed by atoms with E-state index >= 15 is 0 Å². The predicted molar refractivity (Wildman–Crippen MR) is 79.3 cm³/mol. The molecule has 0 fully saturated rings. The smallest absolute Gasteiger partial charge is 0.261 e. The van der Waals surface area contributed by atoms with Gasteiger partial charge >= 0.3 is 0 Å². The van der Waals surface area contributed by atoms with Crippen molar-refractivity contribution in [1.82, 2.24) is 0 Å². The van der Waals surface area contributed by atoms with Gasteiger partial charge in [-0.3, -0.25) is 4.79 Å². The standard InChI is InChI=1S/C17H15F2NO2/c1-22-13-5-7-16-11(9-13)3-2-8-20(16)17(21)14-6-4-12(18)10-15(14)19/h4-7,9-10H,2-3,8H2,1H3. The molecule has 0 radical (unpaired) electrons. The molecule has 5 heteroatoms. The third kappa shape index (κ3) is 2.54. The van der Waals surface area contributed by atoms with Crippen LogP contribution in [0.4, 0.5) is 14.5 Å².